The largest absolute Gasteiger partial charge is 0.381 e. The van der Waals surface area contributed by atoms with E-state index >= 15 is 0 Å². The van der Waals surface area contributed by atoms with Crippen LogP contribution in [0.3, 0.4) is 0 Å². The molecule has 1 aliphatic rings. The van der Waals surface area contributed by atoms with Crippen LogP contribution in [0.25, 0.3) is 0 Å². The third kappa shape index (κ3) is 4.23. The summed E-state index contributed by atoms with van der Waals surface area (Å²) in [7, 11) is 0. The lowest BCUT2D eigenvalue weighted by Gasteiger charge is -2.32. The molecule has 1 amide bonds. The van der Waals surface area contributed by atoms with E-state index in [9.17, 15) is 9.59 Å². The number of likely N-dealkylation sites (tertiary alicyclic amines) is 1. The van der Waals surface area contributed by atoms with E-state index in [0.717, 1.165) is 12.8 Å². The first-order valence-corrected chi connectivity index (χ1v) is 8.72. The minimum atomic E-state index is -0.343. The van der Waals surface area contributed by atoms with Gasteiger partial charge in [0.25, 0.3) is 11.5 Å². The summed E-state index contributed by atoms with van der Waals surface area (Å²) in [6.07, 6.45) is 1.99. The van der Waals surface area contributed by atoms with Crippen molar-refractivity contribution < 1.29 is 9.53 Å². The molecule has 1 N–H and O–H groups in total. The van der Waals surface area contributed by atoms with Crippen molar-refractivity contribution in [3.63, 3.8) is 0 Å². The van der Waals surface area contributed by atoms with Gasteiger partial charge in [-0.3, -0.25) is 9.59 Å². The van der Waals surface area contributed by atoms with Gasteiger partial charge in [-0.05, 0) is 32.6 Å². The first-order chi connectivity index (χ1) is 11.2. The summed E-state index contributed by atoms with van der Waals surface area (Å²) >= 11 is 0. The number of nitrogens with zero attached hydrogens (tertiary/aromatic N) is 2. The van der Waals surface area contributed by atoms with Crippen molar-refractivity contribution in [2.45, 2.75) is 52.9 Å². The van der Waals surface area contributed by atoms with Crippen molar-refractivity contribution in [1.29, 1.82) is 0 Å². The Bertz CT molecular complexity index is 646. The van der Waals surface area contributed by atoms with Crippen LogP contribution in [0.1, 0.15) is 62.4 Å². The molecule has 24 heavy (non-hydrogen) atoms. The number of ether oxygens (including phenoxy) is 1. The van der Waals surface area contributed by atoms with Gasteiger partial charge in [0, 0.05) is 25.1 Å². The van der Waals surface area contributed by atoms with Crippen LogP contribution in [0.15, 0.2) is 4.79 Å². The summed E-state index contributed by atoms with van der Waals surface area (Å²) in [6, 6.07) is 0. The summed E-state index contributed by atoms with van der Waals surface area (Å²) in [5.74, 6) is 0.723. The smallest absolute Gasteiger partial charge is 0.264 e. The van der Waals surface area contributed by atoms with E-state index < -0.39 is 0 Å². The summed E-state index contributed by atoms with van der Waals surface area (Å²) in [5, 5.41) is 0. The van der Waals surface area contributed by atoms with Crippen molar-refractivity contribution in [2.75, 3.05) is 26.3 Å². The lowest BCUT2D eigenvalue weighted by atomic mass is 9.95. The van der Waals surface area contributed by atoms with E-state index in [-0.39, 0.29) is 22.4 Å². The summed E-state index contributed by atoms with van der Waals surface area (Å²) in [4.78, 5) is 34.3. The van der Waals surface area contributed by atoms with Crippen LogP contribution in [0, 0.1) is 12.8 Å². The number of rotatable bonds is 4. The molecule has 1 aromatic heterocycles. The van der Waals surface area contributed by atoms with Gasteiger partial charge in [-0.15, -0.1) is 0 Å². The van der Waals surface area contributed by atoms with Gasteiger partial charge >= 0.3 is 0 Å². The predicted molar refractivity (Wildman–Crippen MR) is 93.4 cm³/mol. The molecule has 0 saturated carbocycles. The first-order valence-electron chi connectivity index (χ1n) is 8.72. The zero-order chi connectivity index (χ0) is 17.9. The first kappa shape index (κ1) is 18.6. The number of amides is 1. The number of nitrogens with one attached hydrogen (secondary N) is 1. The lowest BCUT2D eigenvalue weighted by Crippen LogP contribution is -2.43. The highest BCUT2D eigenvalue weighted by Gasteiger charge is 2.29. The normalized spacial score (nSPS) is 18.7. The minimum Gasteiger partial charge on any atom is -0.381 e. The minimum absolute atomic E-state index is 0.167. The Morgan fingerprint density at radius 2 is 2.12 bits per heavy atom. The lowest BCUT2D eigenvalue weighted by molar-refractivity contribution is 0.0498. The van der Waals surface area contributed by atoms with Crippen LogP contribution in [0.4, 0.5) is 0 Å². The Kier molecular flexibility index (Phi) is 5.80. The molecule has 6 heteroatoms. The molecule has 0 bridgehead atoms. The van der Waals surface area contributed by atoms with Gasteiger partial charge in [-0.1, -0.05) is 20.8 Å². The Morgan fingerprint density at radius 3 is 2.71 bits per heavy atom. The van der Waals surface area contributed by atoms with Gasteiger partial charge in [0.15, 0.2) is 0 Å². The van der Waals surface area contributed by atoms with E-state index in [0.29, 0.717) is 43.7 Å². The van der Waals surface area contributed by atoms with E-state index in [2.05, 4.69) is 9.97 Å². The summed E-state index contributed by atoms with van der Waals surface area (Å²) in [6.45, 7) is 12.3. The summed E-state index contributed by atoms with van der Waals surface area (Å²) in [5.41, 5.74) is 0.0594. The Hall–Kier alpha value is -1.69. The second kappa shape index (κ2) is 7.47. The second-order valence-corrected chi connectivity index (χ2v) is 7.54. The van der Waals surface area contributed by atoms with Crippen molar-refractivity contribution in [1.82, 2.24) is 14.9 Å². The predicted octanol–water partition coefficient (Wildman–Crippen LogP) is 2.26. The maximum atomic E-state index is 12.8. The molecular weight excluding hydrogens is 306 g/mol. The zero-order valence-corrected chi connectivity index (χ0v) is 15.4. The monoisotopic (exact) mass is 335 g/mol. The van der Waals surface area contributed by atoms with Crippen LogP contribution in [0.5, 0.6) is 0 Å². The van der Waals surface area contributed by atoms with Gasteiger partial charge < -0.3 is 14.6 Å². The fourth-order valence-corrected chi connectivity index (χ4v) is 3.02. The average molecular weight is 335 g/mol. The van der Waals surface area contributed by atoms with E-state index in [4.69, 9.17) is 4.74 Å². The van der Waals surface area contributed by atoms with E-state index in [1.807, 2.05) is 27.7 Å². The molecule has 0 aliphatic carbocycles. The maximum Gasteiger partial charge on any atom is 0.264 e. The molecule has 0 spiro atoms. The number of aromatic nitrogens is 2. The zero-order valence-electron chi connectivity index (χ0n) is 15.4. The fraction of sp³-hybridized carbons (Fsp3) is 0.722. The number of carbonyl (C=O) groups excluding carboxylic acids is 1. The van der Waals surface area contributed by atoms with Crippen molar-refractivity contribution >= 4 is 5.91 Å². The highest BCUT2D eigenvalue weighted by Crippen LogP contribution is 2.20. The molecule has 1 aromatic rings. The van der Waals surface area contributed by atoms with Crippen LogP contribution in [-0.2, 0) is 10.2 Å². The standard InChI is InChI=1S/C18H29N3O3/c1-6-24-11-13-8-7-9-21(10-13)16(23)14-12(2)19-17(18(3,4)5)20-15(14)22/h13H,6-11H2,1-5H3,(H,19,20,22)/t13-/m0/s1. The Balaban J connectivity index is 2.22. The highest BCUT2D eigenvalue weighted by atomic mass is 16.5. The SMILES string of the molecule is CCOC[C@H]1CCCN(C(=O)c2c(C)nc(C(C)(C)C)[nH]c2=O)C1. The third-order valence-corrected chi connectivity index (χ3v) is 4.39. The second-order valence-electron chi connectivity index (χ2n) is 7.54. The van der Waals surface area contributed by atoms with Gasteiger partial charge in [0.1, 0.15) is 11.4 Å². The molecule has 134 valence electrons. The summed E-state index contributed by atoms with van der Waals surface area (Å²) < 4.78 is 5.49. The molecule has 1 fully saturated rings. The van der Waals surface area contributed by atoms with Crippen molar-refractivity contribution in [3.8, 4) is 0 Å². The van der Waals surface area contributed by atoms with Gasteiger partial charge in [-0.2, -0.15) is 0 Å². The number of aryl methyl sites for hydroxylation is 1. The van der Waals surface area contributed by atoms with Crippen LogP contribution in [-0.4, -0.2) is 47.1 Å². The average Bonchev–Trinajstić information content (AvgIpc) is 2.51. The molecule has 0 aromatic carbocycles. The number of piperidine rings is 1. The van der Waals surface area contributed by atoms with Gasteiger partial charge in [-0.25, -0.2) is 4.98 Å². The Labute approximate surface area is 143 Å². The van der Waals surface area contributed by atoms with Crippen molar-refractivity contribution in [3.05, 3.63) is 27.4 Å². The van der Waals surface area contributed by atoms with E-state index in [1.54, 1.807) is 11.8 Å². The Morgan fingerprint density at radius 1 is 1.42 bits per heavy atom. The molecule has 1 saturated heterocycles. The molecule has 1 atom stereocenters. The van der Waals surface area contributed by atoms with Gasteiger partial charge in [0.05, 0.1) is 12.3 Å². The van der Waals surface area contributed by atoms with Crippen LogP contribution < -0.4 is 5.56 Å². The number of hydrogen-bond acceptors (Lipinski definition) is 4. The van der Waals surface area contributed by atoms with Crippen LogP contribution >= 0.6 is 0 Å². The fourth-order valence-electron chi connectivity index (χ4n) is 3.02. The quantitative estimate of drug-likeness (QED) is 0.916. The number of carbonyl (C=O) groups is 1. The maximum absolute atomic E-state index is 12.8. The molecule has 6 nitrogen and oxygen atoms in total. The highest BCUT2D eigenvalue weighted by molar-refractivity contribution is 5.94. The third-order valence-electron chi connectivity index (χ3n) is 4.39. The molecule has 1 aliphatic heterocycles. The molecule has 2 rings (SSSR count). The van der Waals surface area contributed by atoms with Gasteiger partial charge in [0.2, 0.25) is 0 Å². The molecule has 0 unspecified atom stereocenters. The van der Waals surface area contributed by atoms with E-state index in [1.165, 1.54) is 0 Å². The molecular formula is C18H29N3O3. The van der Waals surface area contributed by atoms with Crippen molar-refractivity contribution in [2.24, 2.45) is 5.92 Å². The number of hydrogen-bond donors (Lipinski definition) is 1. The van der Waals surface area contributed by atoms with Crippen LogP contribution in [0.2, 0.25) is 0 Å². The number of aromatic amines is 1. The number of H-pyrrole nitrogens is 1. The topological polar surface area (TPSA) is 75.3 Å². The molecule has 0 radical (unpaired) electrons. The molecule has 2 heterocycles.